The number of carboxylic acid groups (broad SMARTS) is 1. The van der Waals surface area contributed by atoms with E-state index in [1.807, 2.05) is 6.92 Å². The number of aryl methyl sites for hydroxylation is 1. The van der Waals surface area contributed by atoms with E-state index < -0.39 is 24.1 Å². The van der Waals surface area contributed by atoms with Gasteiger partial charge >= 0.3 is 12.0 Å². The molecule has 2 atom stereocenters. The van der Waals surface area contributed by atoms with Crippen LogP contribution in [0.5, 0.6) is 0 Å². The van der Waals surface area contributed by atoms with Crippen molar-refractivity contribution < 1.29 is 24.2 Å². The first kappa shape index (κ1) is 14.3. The van der Waals surface area contributed by atoms with E-state index in [1.54, 1.807) is 6.20 Å². The van der Waals surface area contributed by atoms with E-state index in [2.05, 4.69) is 10.3 Å². The Hall–Kier alpha value is -2.09. The van der Waals surface area contributed by atoms with Crippen molar-refractivity contribution in [2.75, 3.05) is 6.54 Å². The number of aliphatic hydroxyl groups is 1. The van der Waals surface area contributed by atoms with Crippen molar-refractivity contribution in [1.82, 2.24) is 15.2 Å². The van der Waals surface area contributed by atoms with Crippen LogP contribution in [0, 0.1) is 0 Å². The summed E-state index contributed by atoms with van der Waals surface area (Å²) in [6.45, 7) is 2.01. The second-order valence-corrected chi connectivity index (χ2v) is 4.63. The molecule has 1 fully saturated rings. The van der Waals surface area contributed by atoms with Crippen LogP contribution < -0.4 is 5.32 Å². The molecule has 2 heterocycles. The lowest BCUT2D eigenvalue weighted by atomic mass is 10.2. The van der Waals surface area contributed by atoms with E-state index in [9.17, 15) is 14.7 Å². The molecule has 2 amide bonds. The highest BCUT2D eigenvalue weighted by molar-refractivity contribution is 5.83. The molecule has 1 aromatic heterocycles. The number of nitrogens with zero attached hydrogens (tertiary/aromatic N) is 2. The number of carbonyl (C=O) groups is 2. The van der Waals surface area contributed by atoms with Gasteiger partial charge in [-0.2, -0.15) is 0 Å². The van der Waals surface area contributed by atoms with Crippen molar-refractivity contribution in [2.24, 2.45) is 0 Å². The van der Waals surface area contributed by atoms with Gasteiger partial charge in [0.25, 0.3) is 0 Å². The number of urea groups is 1. The van der Waals surface area contributed by atoms with Gasteiger partial charge in [-0.3, -0.25) is 0 Å². The van der Waals surface area contributed by atoms with Gasteiger partial charge in [-0.25, -0.2) is 14.6 Å². The summed E-state index contributed by atoms with van der Waals surface area (Å²) in [7, 11) is 0. The minimum Gasteiger partial charge on any atom is -0.480 e. The zero-order valence-corrected chi connectivity index (χ0v) is 11.1. The zero-order chi connectivity index (χ0) is 14.7. The molecule has 110 valence electrons. The number of carboxylic acids is 1. The monoisotopic (exact) mass is 283 g/mol. The lowest BCUT2D eigenvalue weighted by Gasteiger charge is -2.21. The highest BCUT2D eigenvalue weighted by Crippen LogP contribution is 2.18. The third kappa shape index (κ3) is 3.08. The quantitative estimate of drug-likeness (QED) is 0.714. The standard InChI is InChI=1S/C12H17N3O5/c1-2-8-4-13-10(20-8)5-14-12(19)15-6-7(16)3-9(15)11(17)18/h4,7,9,16H,2-3,5-6H2,1H3,(H,14,19)(H,17,18)/t7?,9-/m0/s1. The minimum atomic E-state index is -1.12. The molecule has 20 heavy (non-hydrogen) atoms. The maximum Gasteiger partial charge on any atom is 0.326 e. The molecule has 0 radical (unpaired) electrons. The Balaban J connectivity index is 1.92. The molecule has 0 aliphatic carbocycles. The van der Waals surface area contributed by atoms with Crippen molar-refractivity contribution in [1.29, 1.82) is 0 Å². The van der Waals surface area contributed by atoms with Gasteiger partial charge in [-0.15, -0.1) is 0 Å². The van der Waals surface area contributed by atoms with Gasteiger partial charge in [0.15, 0.2) is 0 Å². The normalized spacial score (nSPS) is 22.0. The van der Waals surface area contributed by atoms with E-state index >= 15 is 0 Å². The summed E-state index contributed by atoms with van der Waals surface area (Å²) in [6, 6.07) is -1.55. The Kier molecular flexibility index (Phi) is 4.23. The van der Waals surface area contributed by atoms with Gasteiger partial charge in [-0.05, 0) is 0 Å². The smallest absolute Gasteiger partial charge is 0.326 e. The Labute approximate surface area is 115 Å². The topological polar surface area (TPSA) is 116 Å². The van der Waals surface area contributed by atoms with Crippen LogP contribution in [-0.4, -0.2) is 50.8 Å². The Morgan fingerprint density at radius 3 is 2.95 bits per heavy atom. The second kappa shape index (κ2) is 5.91. The summed E-state index contributed by atoms with van der Waals surface area (Å²) in [4.78, 5) is 28.0. The van der Waals surface area contributed by atoms with Crippen molar-refractivity contribution >= 4 is 12.0 Å². The van der Waals surface area contributed by atoms with Crippen LogP contribution in [0.1, 0.15) is 25.0 Å². The van der Waals surface area contributed by atoms with Gasteiger partial charge < -0.3 is 24.8 Å². The molecule has 3 N–H and O–H groups in total. The van der Waals surface area contributed by atoms with Crippen molar-refractivity contribution in [2.45, 2.75) is 38.5 Å². The maximum absolute atomic E-state index is 11.9. The molecule has 0 saturated carbocycles. The number of aliphatic hydroxyl groups excluding tert-OH is 1. The average Bonchev–Trinajstić information content (AvgIpc) is 3.02. The molecular formula is C12H17N3O5. The maximum atomic E-state index is 11.9. The number of carbonyl (C=O) groups excluding carboxylic acids is 1. The summed E-state index contributed by atoms with van der Waals surface area (Å²) < 4.78 is 5.33. The lowest BCUT2D eigenvalue weighted by Crippen LogP contribution is -2.46. The first-order chi connectivity index (χ1) is 9.51. The predicted octanol–water partition coefficient (Wildman–Crippen LogP) is -0.0336. The van der Waals surface area contributed by atoms with Gasteiger partial charge in [0, 0.05) is 19.4 Å². The number of likely N-dealkylation sites (tertiary alicyclic amines) is 1. The number of hydrogen-bond donors (Lipinski definition) is 3. The largest absolute Gasteiger partial charge is 0.480 e. The lowest BCUT2D eigenvalue weighted by molar-refractivity contribution is -0.141. The van der Waals surface area contributed by atoms with Gasteiger partial charge in [-0.1, -0.05) is 6.92 Å². The van der Waals surface area contributed by atoms with E-state index in [1.165, 1.54) is 0 Å². The minimum absolute atomic E-state index is 0.00853. The van der Waals surface area contributed by atoms with E-state index in [0.29, 0.717) is 18.1 Å². The molecule has 0 spiro atoms. The predicted molar refractivity (Wildman–Crippen MR) is 66.9 cm³/mol. The Morgan fingerprint density at radius 1 is 1.60 bits per heavy atom. The fourth-order valence-corrected chi connectivity index (χ4v) is 2.12. The first-order valence-electron chi connectivity index (χ1n) is 6.40. The van der Waals surface area contributed by atoms with E-state index in [0.717, 1.165) is 4.90 Å². The van der Waals surface area contributed by atoms with Crippen LogP contribution >= 0.6 is 0 Å². The van der Waals surface area contributed by atoms with Gasteiger partial charge in [0.2, 0.25) is 5.89 Å². The molecule has 1 aliphatic rings. The summed E-state index contributed by atoms with van der Waals surface area (Å²) in [6.07, 6.45) is 1.53. The number of oxazole rings is 1. The molecule has 1 saturated heterocycles. The molecule has 2 rings (SSSR count). The van der Waals surface area contributed by atoms with Crippen LogP contribution in [0.25, 0.3) is 0 Å². The summed E-state index contributed by atoms with van der Waals surface area (Å²) in [5.74, 6) is -0.0443. The fourth-order valence-electron chi connectivity index (χ4n) is 2.12. The Bertz CT molecular complexity index is 501. The van der Waals surface area contributed by atoms with Crippen LogP contribution in [0.15, 0.2) is 10.6 Å². The van der Waals surface area contributed by atoms with Crippen LogP contribution in [0.2, 0.25) is 0 Å². The highest BCUT2D eigenvalue weighted by Gasteiger charge is 2.38. The van der Waals surface area contributed by atoms with Gasteiger partial charge in [0.1, 0.15) is 11.8 Å². The van der Waals surface area contributed by atoms with Crippen LogP contribution in [0.4, 0.5) is 4.79 Å². The van der Waals surface area contributed by atoms with E-state index in [4.69, 9.17) is 9.52 Å². The molecule has 1 aromatic rings. The fraction of sp³-hybridized carbons (Fsp3) is 0.583. The number of rotatable bonds is 4. The zero-order valence-electron chi connectivity index (χ0n) is 11.1. The first-order valence-corrected chi connectivity index (χ1v) is 6.40. The number of aromatic nitrogens is 1. The molecule has 0 aromatic carbocycles. The Morgan fingerprint density at radius 2 is 2.35 bits per heavy atom. The summed E-state index contributed by atoms with van der Waals surface area (Å²) in [5.41, 5.74) is 0. The van der Waals surface area contributed by atoms with Crippen molar-refractivity contribution in [3.63, 3.8) is 0 Å². The number of nitrogens with one attached hydrogen (secondary N) is 1. The van der Waals surface area contributed by atoms with Gasteiger partial charge in [0.05, 0.1) is 18.8 Å². The molecule has 8 heteroatoms. The third-order valence-electron chi connectivity index (χ3n) is 3.17. The number of amides is 2. The molecule has 0 bridgehead atoms. The number of aliphatic carboxylic acids is 1. The highest BCUT2D eigenvalue weighted by atomic mass is 16.4. The van der Waals surface area contributed by atoms with Crippen molar-refractivity contribution in [3.05, 3.63) is 17.8 Å². The molecule has 1 aliphatic heterocycles. The molecule has 8 nitrogen and oxygen atoms in total. The van der Waals surface area contributed by atoms with E-state index in [-0.39, 0.29) is 19.5 Å². The average molecular weight is 283 g/mol. The second-order valence-electron chi connectivity index (χ2n) is 4.63. The summed E-state index contributed by atoms with van der Waals surface area (Å²) in [5, 5.41) is 21.0. The summed E-state index contributed by atoms with van der Waals surface area (Å²) >= 11 is 0. The molecule has 1 unspecified atom stereocenters. The van der Waals surface area contributed by atoms with Crippen LogP contribution in [-0.2, 0) is 17.8 Å². The molecular weight excluding hydrogens is 266 g/mol. The number of β-amino-alcohol motifs (C(OH)–C–C–N with tert-alkyl or cyclic N) is 1. The third-order valence-corrected chi connectivity index (χ3v) is 3.17. The SMILES string of the molecule is CCc1cnc(CNC(=O)N2CC(O)C[C@H]2C(=O)O)o1. The van der Waals surface area contributed by atoms with Crippen LogP contribution in [0.3, 0.4) is 0 Å². The number of hydrogen-bond acceptors (Lipinski definition) is 5. The van der Waals surface area contributed by atoms with Crippen molar-refractivity contribution in [3.8, 4) is 0 Å².